The summed E-state index contributed by atoms with van der Waals surface area (Å²) >= 11 is 0. The molecule has 2 rings (SSSR count). The summed E-state index contributed by atoms with van der Waals surface area (Å²) in [5, 5.41) is 2.91. The molecule has 0 bridgehead atoms. The first-order chi connectivity index (χ1) is 11.2. The minimum Gasteiger partial charge on any atom is -0.355 e. The molecule has 0 unspecified atom stereocenters. The van der Waals surface area contributed by atoms with Crippen LogP contribution in [0.1, 0.15) is 58.3 Å². The third-order valence-corrected chi connectivity index (χ3v) is 5.16. The van der Waals surface area contributed by atoms with Crippen molar-refractivity contribution in [2.24, 2.45) is 5.92 Å². The van der Waals surface area contributed by atoms with Gasteiger partial charge in [0, 0.05) is 39.1 Å². The highest BCUT2D eigenvalue weighted by molar-refractivity contribution is 5.78. The van der Waals surface area contributed by atoms with Crippen molar-refractivity contribution >= 4 is 11.8 Å². The van der Waals surface area contributed by atoms with Crippen LogP contribution in [0.3, 0.4) is 0 Å². The van der Waals surface area contributed by atoms with Gasteiger partial charge in [0.2, 0.25) is 11.8 Å². The van der Waals surface area contributed by atoms with Gasteiger partial charge in [-0.15, -0.1) is 0 Å². The van der Waals surface area contributed by atoms with Crippen LogP contribution in [0.25, 0.3) is 0 Å². The van der Waals surface area contributed by atoms with Crippen molar-refractivity contribution in [3.05, 3.63) is 0 Å². The Labute approximate surface area is 140 Å². The Hall–Kier alpha value is -1.10. The maximum Gasteiger partial charge on any atom is 0.234 e. The standard InChI is InChI=1S/C18H33N3O2/c1-2-10-19-17(22)15-20-11-13-21(14-12-20)18(23)9-8-16-6-4-3-5-7-16/h16H,2-15H2,1H3,(H,19,22). The molecule has 2 aliphatic rings. The van der Waals surface area contributed by atoms with Crippen LogP contribution < -0.4 is 5.32 Å². The number of rotatable bonds is 7. The average molecular weight is 323 g/mol. The third-order valence-electron chi connectivity index (χ3n) is 5.16. The van der Waals surface area contributed by atoms with E-state index in [1.54, 1.807) is 0 Å². The van der Waals surface area contributed by atoms with E-state index >= 15 is 0 Å². The van der Waals surface area contributed by atoms with Gasteiger partial charge in [0.1, 0.15) is 0 Å². The molecule has 1 heterocycles. The average Bonchev–Trinajstić information content (AvgIpc) is 2.59. The van der Waals surface area contributed by atoms with Crippen LogP contribution >= 0.6 is 0 Å². The summed E-state index contributed by atoms with van der Waals surface area (Å²) in [5.74, 6) is 1.19. The van der Waals surface area contributed by atoms with Crippen molar-refractivity contribution in [3.8, 4) is 0 Å². The molecule has 1 N–H and O–H groups in total. The highest BCUT2D eigenvalue weighted by Gasteiger charge is 2.23. The summed E-state index contributed by atoms with van der Waals surface area (Å²) in [6.45, 7) is 6.43. The first-order valence-corrected chi connectivity index (χ1v) is 9.46. The van der Waals surface area contributed by atoms with Crippen molar-refractivity contribution in [3.63, 3.8) is 0 Å². The van der Waals surface area contributed by atoms with Crippen LogP contribution in [0.5, 0.6) is 0 Å². The number of piperazine rings is 1. The van der Waals surface area contributed by atoms with E-state index in [9.17, 15) is 9.59 Å². The number of nitrogens with one attached hydrogen (secondary N) is 1. The zero-order valence-electron chi connectivity index (χ0n) is 14.7. The van der Waals surface area contributed by atoms with E-state index in [0.29, 0.717) is 18.9 Å². The van der Waals surface area contributed by atoms with E-state index in [4.69, 9.17) is 0 Å². The normalized spacial score (nSPS) is 20.5. The Bertz CT molecular complexity index is 372. The van der Waals surface area contributed by atoms with Gasteiger partial charge in [-0.2, -0.15) is 0 Å². The van der Waals surface area contributed by atoms with E-state index in [-0.39, 0.29) is 5.91 Å². The number of nitrogens with zero attached hydrogens (tertiary/aromatic N) is 2. The fraction of sp³-hybridized carbons (Fsp3) is 0.889. The minimum atomic E-state index is 0.101. The summed E-state index contributed by atoms with van der Waals surface area (Å²) in [6, 6.07) is 0. The van der Waals surface area contributed by atoms with E-state index in [1.807, 2.05) is 4.90 Å². The quantitative estimate of drug-likeness (QED) is 0.780. The molecule has 5 nitrogen and oxygen atoms in total. The van der Waals surface area contributed by atoms with Gasteiger partial charge in [0.15, 0.2) is 0 Å². The smallest absolute Gasteiger partial charge is 0.234 e. The summed E-state index contributed by atoms with van der Waals surface area (Å²) in [5.41, 5.74) is 0. The number of hydrogen-bond acceptors (Lipinski definition) is 3. The second kappa shape index (κ2) is 9.91. The van der Waals surface area contributed by atoms with Crippen LogP contribution in [0.15, 0.2) is 0 Å². The molecule has 1 aliphatic carbocycles. The Morgan fingerprint density at radius 1 is 1.04 bits per heavy atom. The molecule has 0 aromatic heterocycles. The molecule has 1 saturated carbocycles. The lowest BCUT2D eigenvalue weighted by Gasteiger charge is -2.34. The fourth-order valence-corrected chi connectivity index (χ4v) is 3.64. The first kappa shape index (κ1) is 18.2. The molecular weight excluding hydrogens is 290 g/mol. The van der Waals surface area contributed by atoms with Crippen LogP contribution in [-0.4, -0.2) is 60.9 Å². The molecule has 1 aliphatic heterocycles. The lowest BCUT2D eigenvalue weighted by Crippen LogP contribution is -2.51. The lowest BCUT2D eigenvalue weighted by molar-refractivity contribution is -0.133. The Morgan fingerprint density at radius 2 is 1.74 bits per heavy atom. The van der Waals surface area contributed by atoms with Gasteiger partial charge >= 0.3 is 0 Å². The van der Waals surface area contributed by atoms with Gasteiger partial charge in [-0.25, -0.2) is 0 Å². The summed E-state index contributed by atoms with van der Waals surface area (Å²) in [7, 11) is 0. The van der Waals surface area contributed by atoms with E-state index in [2.05, 4.69) is 17.1 Å². The Kier molecular flexibility index (Phi) is 7.86. The number of carbonyl (C=O) groups is 2. The maximum atomic E-state index is 12.3. The van der Waals surface area contributed by atoms with Crippen LogP contribution in [0.2, 0.25) is 0 Å². The van der Waals surface area contributed by atoms with Gasteiger partial charge in [0.25, 0.3) is 0 Å². The SMILES string of the molecule is CCCNC(=O)CN1CCN(C(=O)CCC2CCCCC2)CC1. The Morgan fingerprint density at radius 3 is 2.39 bits per heavy atom. The van der Waals surface area contributed by atoms with Crippen molar-refractivity contribution in [2.75, 3.05) is 39.3 Å². The molecule has 2 amide bonds. The van der Waals surface area contributed by atoms with Gasteiger partial charge in [-0.3, -0.25) is 14.5 Å². The molecule has 132 valence electrons. The molecule has 23 heavy (non-hydrogen) atoms. The van der Waals surface area contributed by atoms with Gasteiger partial charge in [-0.05, 0) is 18.8 Å². The summed E-state index contributed by atoms with van der Waals surface area (Å²) < 4.78 is 0. The van der Waals surface area contributed by atoms with E-state index in [1.165, 1.54) is 32.1 Å². The van der Waals surface area contributed by atoms with E-state index in [0.717, 1.165) is 51.5 Å². The molecule has 0 atom stereocenters. The predicted molar refractivity (Wildman–Crippen MR) is 92.1 cm³/mol. The monoisotopic (exact) mass is 323 g/mol. The molecule has 5 heteroatoms. The van der Waals surface area contributed by atoms with Crippen molar-refractivity contribution < 1.29 is 9.59 Å². The summed E-state index contributed by atoms with van der Waals surface area (Å²) in [4.78, 5) is 28.2. The second-order valence-electron chi connectivity index (χ2n) is 7.05. The largest absolute Gasteiger partial charge is 0.355 e. The zero-order chi connectivity index (χ0) is 16.5. The first-order valence-electron chi connectivity index (χ1n) is 9.46. The van der Waals surface area contributed by atoms with Gasteiger partial charge in [-0.1, -0.05) is 39.0 Å². The van der Waals surface area contributed by atoms with Crippen molar-refractivity contribution in [2.45, 2.75) is 58.3 Å². The van der Waals surface area contributed by atoms with Crippen LogP contribution in [0, 0.1) is 5.92 Å². The highest BCUT2D eigenvalue weighted by atomic mass is 16.2. The molecule has 0 radical (unpaired) electrons. The maximum absolute atomic E-state index is 12.3. The zero-order valence-corrected chi connectivity index (χ0v) is 14.7. The second-order valence-corrected chi connectivity index (χ2v) is 7.05. The van der Waals surface area contributed by atoms with Crippen LogP contribution in [0.4, 0.5) is 0 Å². The van der Waals surface area contributed by atoms with Crippen molar-refractivity contribution in [1.29, 1.82) is 0 Å². The van der Waals surface area contributed by atoms with E-state index < -0.39 is 0 Å². The molecule has 0 aromatic carbocycles. The number of carbonyl (C=O) groups excluding carboxylic acids is 2. The molecular formula is C18H33N3O2. The summed E-state index contributed by atoms with van der Waals surface area (Å²) in [6.07, 6.45) is 9.44. The van der Waals surface area contributed by atoms with Gasteiger partial charge in [0.05, 0.1) is 6.54 Å². The third kappa shape index (κ3) is 6.50. The minimum absolute atomic E-state index is 0.101. The van der Waals surface area contributed by atoms with Crippen LogP contribution in [-0.2, 0) is 9.59 Å². The number of hydrogen-bond donors (Lipinski definition) is 1. The highest BCUT2D eigenvalue weighted by Crippen LogP contribution is 2.27. The molecule has 1 saturated heterocycles. The lowest BCUT2D eigenvalue weighted by atomic mass is 9.86. The van der Waals surface area contributed by atoms with Crippen molar-refractivity contribution in [1.82, 2.24) is 15.1 Å². The molecule has 0 aromatic rings. The van der Waals surface area contributed by atoms with Gasteiger partial charge < -0.3 is 10.2 Å². The Balaban J connectivity index is 1.61. The molecule has 2 fully saturated rings. The molecule has 0 spiro atoms. The predicted octanol–water partition coefficient (Wildman–Crippen LogP) is 2.02. The fourth-order valence-electron chi connectivity index (χ4n) is 3.64. The topological polar surface area (TPSA) is 52.7 Å². The number of amides is 2.